The van der Waals surface area contributed by atoms with Crippen LogP contribution in [0.2, 0.25) is 0 Å². The maximum absolute atomic E-state index is 5.81. The molecule has 0 saturated carbocycles. The van der Waals surface area contributed by atoms with Gasteiger partial charge in [-0.2, -0.15) is 0 Å². The predicted octanol–water partition coefficient (Wildman–Crippen LogP) is 2.01. The average molecular weight is 323 g/mol. The maximum Gasteiger partial charge on any atom is 0.246 e. The van der Waals surface area contributed by atoms with Crippen LogP contribution < -0.4 is 4.90 Å². The molecule has 1 aromatic heterocycles. The van der Waals surface area contributed by atoms with E-state index < -0.39 is 0 Å². The molecule has 1 aliphatic rings. The fourth-order valence-corrected chi connectivity index (χ4v) is 2.66. The van der Waals surface area contributed by atoms with Crippen LogP contribution in [-0.4, -0.2) is 45.8 Å². The molecule has 1 saturated heterocycles. The van der Waals surface area contributed by atoms with E-state index in [0.29, 0.717) is 5.95 Å². The van der Waals surface area contributed by atoms with E-state index in [-0.39, 0.29) is 12.2 Å². The largest absolute Gasteiger partial charge is 0.371 e. The molecule has 3 rings (SSSR count). The van der Waals surface area contributed by atoms with Gasteiger partial charge in [-0.05, 0) is 19.1 Å². The van der Waals surface area contributed by atoms with Crippen molar-refractivity contribution in [1.29, 1.82) is 0 Å². The van der Waals surface area contributed by atoms with Gasteiger partial charge in [0.2, 0.25) is 5.95 Å². The van der Waals surface area contributed by atoms with Crippen LogP contribution in [0.15, 0.2) is 24.3 Å². The zero-order chi connectivity index (χ0) is 13.2. The van der Waals surface area contributed by atoms with Crippen molar-refractivity contribution in [2.24, 2.45) is 0 Å². The Morgan fingerprint density at radius 2 is 2.05 bits per heavy atom. The second-order valence-electron chi connectivity index (χ2n) is 4.73. The number of halogens is 1. The molecule has 2 atom stereocenters. The minimum absolute atomic E-state index is 0.166. The smallest absolute Gasteiger partial charge is 0.246 e. The number of anilines is 1. The first kappa shape index (κ1) is 12.7. The standard InChI is InChI=1S/C13H15BrN4O/c1-9-7-18(8-10(6-14)19-9)13-15-11-4-2-3-5-12(11)16-17-13/h2-5,9-10H,6-8H2,1H3. The Balaban J connectivity index is 1.90. The van der Waals surface area contributed by atoms with Crippen LogP contribution >= 0.6 is 15.9 Å². The molecular formula is C13H15BrN4O. The van der Waals surface area contributed by atoms with Gasteiger partial charge in [-0.3, -0.25) is 0 Å². The molecule has 0 N–H and O–H groups in total. The molecule has 0 bridgehead atoms. The summed E-state index contributed by atoms with van der Waals surface area (Å²) >= 11 is 3.47. The molecule has 0 amide bonds. The number of nitrogens with zero attached hydrogens (tertiary/aromatic N) is 4. The Bertz CT molecular complexity index is 579. The predicted molar refractivity (Wildman–Crippen MR) is 77.7 cm³/mol. The zero-order valence-corrected chi connectivity index (χ0v) is 12.2. The SMILES string of the molecule is CC1CN(c2nnc3ccccc3n2)CC(CBr)O1. The molecule has 2 unspecified atom stereocenters. The van der Waals surface area contributed by atoms with Crippen LogP contribution in [-0.2, 0) is 4.74 Å². The monoisotopic (exact) mass is 322 g/mol. The number of hydrogen-bond acceptors (Lipinski definition) is 5. The number of para-hydroxylation sites is 1. The quantitative estimate of drug-likeness (QED) is 0.792. The average Bonchev–Trinajstić information content (AvgIpc) is 2.46. The molecule has 19 heavy (non-hydrogen) atoms. The van der Waals surface area contributed by atoms with Crippen LogP contribution in [0.5, 0.6) is 0 Å². The minimum Gasteiger partial charge on any atom is -0.371 e. The van der Waals surface area contributed by atoms with Gasteiger partial charge in [-0.1, -0.05) is 28.1 Å². The van der Waals surface area contributed by atoms with E-state index in [9.17, 15) is 0 Å². The third-order valence-corrected chi connectivity index (χ3v) is 3.85. The van der Waals surface area contributed by atoms with Gasteiger partial charge in [0.05, 0.1) is 17.7 Å². The molecule has 2 aromatic rings. The summed E-state index contributed by atoms with van der Waals surface area (Å²) in [4.78, 5) is 6.72. The Kier molecular flexibility index (Phi) is 3.61. The van der Waals surface area contributed by atoms with E-state index in [2.05, 4.69) is 42.9 Å². The number of alkyl halides is 1. The number of hydrogen-bond donors (Lipinski definition) is 0. The molecule has 1 fully saturated rings. The highest BCUT2D eigenvalue weighted by atomic mass is 79.9. The molecule has 0 aliphatic carbocycles. The number of morpholine rings is 1. The second-order valence-corrected chi connectivity index (χ2v) is 5.38. The summed E-state index contributed by atoms with van der Waals surface area (Å²) in [6.07, 6.45) is 0.338. The Morgan fingerprint density at radius 3 is 2.84 bits per heavy atom. The van der Waals surface area contributed by atoms with Crippen molar-refractivity contribution in [3.05, 3.63) is 24.3 Å². The maximum atomic E-state index is 5.81. The van der Waals surface area contributed by atoms with Crippen LogP contribution in [0, 0.1) is 0 Å². The summed E-state index contributed by atoms with van der Waals surface area (Å²) in [5, 5.41) is 9.27. The topological polar surface area (TPSA) is 51.1 Å². The van der Waals surface area contributed by atoms with Gasteiger partial charge >= 0.3 is 0 Å². The van der Waals surface area contributed by atoms with Crippen molar-refractivity contribution in [3.63, 3.8) is 0 Å². The summed E-state index contributed by atoms with van der Waals surface area (Å²) in [5.41, 5.74) is 1.70. The number of benzene rings is 1. The lowest BCUT2D eigenvalue weighted by Crippen LogP contribution is -2.48. The normalized spacial score (nSPS) is 23.8. The first-order valence-corrected chi connectivity index (χ1v) is 7.44. The van der Waals surface area contributed by atoms with E-state index in [1.807, 2.05) is 24.3 Å². The number of rotatable bonds is 2. The fraction of sp³-hybridized carbons (Fsp3) is 0.462. The van der Waals surface area contributed by atoms with Gasteiger partial charge in [0, 0.05) is 18.4 Å². The van der Waals surface area contributed by atoms with Gasteiger partial charge < -0.3 is 9.64 Å². The molecule has 0 radical (unpaired) electrons. The highest BCUT2D eigenvalue weighted by Crippen LogP contribution is 2.18. The van der Waals surface area contributed by atoms with Crippen LogP contribution in [0.1, 0.15) is 6.92 Å². The molecule has 100 valence electrons. The first-order valence-electron chi connectivity index (χ1n) is 6.32. The molecule has 1 aromatic carbocycles. The van der Waals surface area contributed by atoms with Gasteiger partial charge in [0.1, 0.15) is 5.52 Å². The first-order chi connectivity index (χ1) is 9.26. The van der Waals surface area contributed by atoms with Crippen LogP contribution in [0.3, 0.4) is 0 Å². The number of ether oxygens (including phenoxy) is 1. The van der Waals surface area contributed by atoms with E-state index in [1.54, 1.807) is 0 Å². The molecule has 5 nitrogen and oxygen atoms in total. The van der Waals surface area contributed by atoms with Crippen molar-refractivity contribution in [1.82, 2.24) is 15.2 Å². The third-order valence-electron chi connectivity index (χ3n) is 3.13. The molecule has 6 heteroatoms. The van der Waals surface area contributed by atoms with Gasteiger partial charge in [0.25, 0.3) is 0 Å². The Labute approximate surface area is 120 Å². The number of aromatic nitrogens is 3. The van der Waals surface area contributed by atoms with Crippen molar-refractivity contribution in [3.8, 4) is 0 Å². The zero-order valence-electron chi connectivity index (χ0n) is 10.7. The lowest BCUT2D eigenvalue weighted by molar-refractivity contribution is -0.00252. The van der Waals surface area contributed by atoms with Crippen LogP contribution in [0.4, 0.5) is 5.95 Å². The van der Waals surface area contributed by atoms with Crippen molar-refractivity contribution < 1.29 is 4.74 Å². The summed E-state index contributed by atoms with van der Waals surface area (Å²) < 4.78 is 5.81. The summed E-state index contributed by atoms with van der Waals surface area (Å²) in [6.45, 7) is 3.65. The van der Waals surface area contributed by atoms with Crippen molar-refractivity contribution in [2.75, 3.05) is 23.3 Å². The molecular weight excluding hydrogens is 308 g/mol. The molecule has 1 aliphatic heterocycles. The molecule has 2 heterocycles. The minimum atomic E-state index is 0.166. The van der Waals surface area contributed by atoms with E-state index in [4.69, 9.17) is 4.74 Å². The Hall–Kier alpha value is -1.27. The number of fused-ring (bicyclic) bond motifs is 1. The van der Waals surface area contributed by atoms with Gasteiger partial charge in [0.15, 0.2) is 0 Å². The van der Waals surface area contributed by atoms with Crippen LogP contribution in [0.25, 0.3) is 11.0 Å². The van der Waals surface area contributed by atoms with Gasteiger partial charge in [-0.15, -0.1) is 10.2 Å². The lowest BCUT2D eigenvalue weighted by atomic mass is 10.2. The second kappa shape index (κ2) is 5.38. The van der Waals surface area contributed by atoms with Crippen molar-refractivity contribution in [2.45, 2.75) is 19.1 Å². The van der Waals surface area contributed by atoms with E-state index in [1.165, 1.54) is 0 Å². The summed E-state index contributed by atoms with van der Waals surface area (Å²) in [7, 11) is 0. The van der Waals surface area contributed by atoms with E-state index in [0.717, 1.165) is 29.5 Å². The fourth-order valence-electron chi connectivity index (χ4n) is 2.30. The highest BCUT2D eigenvalue weighted by Gasteiger charge is 2.26. The van der Waals surface area contributed by atoms with Gasteiger partial charge in [-0.25, -0.2) is 4.98 Å². The Morgan fingerprint density at radius 1 is 1.26 bits per heavy atom. The summed E-state index contributed by atoms with van der Waals surface area (Å²) in [5.74, 6) is 0.680. The van der Waals surface area contributed by atoms with Crippen molar-refractivity contribution >= 4 is 32.9 Å². The molecule has 0 spiro atoms. The lowest BCUT2D eigenvalue weighted by Gasteiger charge is -2.35. The highest BCUT2D eigenvalue weighted by molar-refractivity contribution is 9.09. The van der Waals surface area contributed by atoms with E-state index >= 15 is 0 Å². The summed E-state index contributed by atoms with van der Waals surface area (Å²) in [6, 6.07) is 7.78. The third kappa shape index (κ3) is 2.69.